The van der Waals surface area contributed by atoms with Gasteiger partial charge in [0, 0.05) is 23.9 Å². The standard InChI is InChI=1S/C20H32N2OS.ClH/c1-19(2,3)15-10-13(11-16(18(15)23)20(4,5)6)14-12-24-22-17(14)8-9-21-7;/h10-11,14,21,23H,8-9,12H2,1-7H3;1H. The van der Waals surface area contributed by atoms with Crippen molar-refractivity contribution in [3.63, 3.8) is 0 Å². The van der Waals surface area contributed by atoms with E-state index in [1.54, 1.807) is 11.9 Å². The zero-order chi connectivity index (χ0) is 18.1. The van der Waals surface area contributed by atoms with Gasteiger partial charge in [0.05, 0.1) is 0 Å². The Bertz CT molecular complexity index is 595. The quantitative estimate of drug-likeness (QED) is 0.700. The largest absolute Gasteiger partial charge is 0.507 e. The molecular weight excluding hydrogens is 352 g/mol. The monoisotopic (exact) mass is 384 g/mol. The number of nitrogens with one attached hydrogen (secondary N) is 1. The van der Waals surface area contributed by atoms with Gasteiger partial charge in [-0.2, -0.15) is 0 Å². The predicted molar refractivity (Wildman–Crippen MR) is 114 cm³/mol. The van der Waals surface area contributed by atoms with Gasteiger partial charge in [-0.1, -0.05) is 53.7 Å². The maximum atomic E-state index is 10.9. The zero-order valence-electron chi connectivity index (χ0n) is 16.6. The minimum Gasteiger partial charge on any atom is -0.507 e. The Morgan fingerprint density at radius 1 is 1.12 bits per heavy atom. The van der Waals surface area contributed by atoms with Gasteiger partial charge in [0.1, 0.15) is 5.75 Å². The highest BCUT2D eigenvalue weighted by Gasteiger charge is 2.30. The van der Waals surface area contributed by atoms with Crippen molar-refractivity contribution in [3.8, 4) is 5.75 Å². The predicted octanol–water partition coefficient (Wildman–Crippen LogP) is 5.20. The van der Waals surface area contributed by atoms with Gasteiger partial charge >= 0.3 is 0 Å². The first-order chi connectivity index (χ1) is 11.1. The number of nitrogens with zero attached hydrogens (tertiary/aromatic N) is 1. The van der Waals surface area contributed by atoms with E-state index in [1.165, 1.54) is 11.3 Å². The molecule has 3 nitrogen and oxygen atoms in total. The second-order valence-corrected chi connectivity index (χ2v) is 9.52. The first-order valence-electron chi connectivity index (χ1n) is 8.77. The second kappa shape index (κ2) is 8.32. The summed E-state index contributed by atoms with van der Waals surface area (Å²) in [6.45, 7) is 13.9. The summed E-state index contributed by atoms with van der Waals surface area (Å²) in [5.74, 6) is 1.81. The molecule has 0 aliphatic carbocycles. The molecule has 0 amide bonds. The molecular formula is C20H33ClN2OS. The van der Waals surface area contributed by atoms with Gasteiger partial charge in [0.15, 0.2) is 0 Å². The zero-order valence-corrected chi connectivity index (χ0v) is 18.2. The molecule has 0 fully saturated rings. The first-order valence-corrected chi connectivity index (χ1v) is 9.71. The van der Waals surface area contributed by atoms with E-state index >= 15 is 0 Å². The van der Waals surface area contributed by atoms with Crippen molar-refractivity contribution >= 4 is 30.1 Å². The number of halogens is 1. The van der Waals surface area contributed by atoms with Crippen molar-refractivity contribution in [1.82, 2.24) is 5.32 Å². The van der Waals surface area contributed by atoms with Crippen LogP contribution in [0.4, 0.5) is 0 Å². The van der Waals surface area contributed by atoms with E-state index in [-0.39, 0.29) is 23.2 Å². The second-order valence-electron chi connectivity index (χ2n) is 8.75. The highest BCUT2D eigenvalue weighted by atomic mass is 35.5. The molecule has 0 saturated heterocycles. The maximum Gasteiger partial charge on any atom is 0.123 e. The lowest BCUT2D eigenvalue weighted by Crippen LogP contribution is -2.21. The van der Waals surface area contributed by atoms with Crippen LogP contribution >= 0.6 is 24.4 Å². The molecule has 1 atom stereocenters. The van der Waals surface area contributed by atoms with E-state index in [0.717, 1.165) is 29.8 Å². The lowest BCUT2D eigenvalue weighted by Gasteiger charge is -2.29. The van der Waals surface area contributed by atoms with E-state index < -0.39 is 0 Å². The summed E-state index contributed by atoms with van der Waals surface area (Å²) >= 11 is 1.66. The molecule has 1 aromatic rings. The minimum absolute atomic E-state index is 0. The molecule has 1 aliphatic heterocycles. The molecule has 1 unspecified atom stereocenters. The molecule has 0 radical (unpaired) electrons. The first kappa shape index (κ1) is 22.3. The summed E-state index contributed by atoms with van der Waals surface area (Å²) in [5, 5.41) is 14.1. The average molecular weight is 385 g/mol. The van der Waals surface area contributed by atoms with Crippen molar-refractivity contribution < 1.29 is 5.11 Å². The van der Waals surface area contributed by atoms with Crippen LogP contribution in [0.3, 0.4) is 0 Å². The lowest BCUT2D eigenvalue weighted by atomic mass is 9.76. The number of phenols is 1. The van der Waals surface area contributed by atoms with Crippen LogP contribution in [0.5, 0.6) is 5.75 Å². The lowest BCUT2D eigenvalue weighted by molar-refractivity contribution is 0.422. The smallest absolute Gasteiger partial charge is 0.123 e. The third-order valence-corrected chi connectivity index (χ3v) is 5.45. The van der Waals surface area contributed by atoms with E-state index in [9.17, 15) is 5.11 Å². The highest BCUT2D eigenvalue weighted by molar-refractivity contribution is 7.98. The molecule has 0 saturated carbocycles. The van der Waals surface area contributed by atoms with Crippen LogP contribution in [0, 0.1) is 0 Å². The summed E-state index contributed by atoms with van der Waals surface area (Å²) in [6.07, 6.45) is 0.977. The van der Waals surface area contributed by atoms with Crippen molar-refractivity contribution in [3.05, 3.63) is 28.8 Å². The molecule has 2 N–H and O–H groups in total. The fourth-order valence-corrected chi connectivity index (χ4v) is 4.11. The van der Waals surface area contributed by atoms with Gasteiger partial charge in [-0.05, 0) is 52.9 Å². The molecule has 142 valence electrons. The van der Waals surface area contributed by atoms with Crippen molar-refractivity contribution in [2.75, 3.05) is 19.3 Å². The molecule has 1 aromatic carbocycles. The number of benzene rings is 1. The topological polar surface area (TPSA) is 44.6 Å². The maximum absolute atomic E-state index is 10.9. The molecule has 1 aliphatic rings. The van der Waals surface area contributed by atoms with Crippen LogP contribution in [0.25, 0.3) is 0 Å². The van der Waals surface area contributed by atoms with Crippen molar-refractivity contribution in [2.45, 2.75) is 64.7 Å². The third kappa shape index (κ3) is 5.15. The fraction of sp³-hybridized carbons (Fsp3) is 0.650. The van der Waals surface area contributed by atoms with Crippen LogP contribution in [0.15, 0.2) is 16.5 Å². The molecule has 5 heteroatoms. The Morgan fingerprint density at radius 2 is 1.64 bits per heavy atom. The van der Waals surface area contributed by atoms with Gasteiger partial charge in [-0.3, -0.25) is 0 Å². The molecule has 0 bridgehead atoms. The highest BCUT2D eigenvalue weighted by Crippen LogP contribution is 2.43. The molecule has 1 heterocycles. The Hall–Kier alpha value is -0.710. The fourth-order valence-electron chi connectivity index (χ4n) is 3.12. The molecule has 2 rings (SSSR count). The minimum atomic E-state index is -0.0892. The van der Waals surface area contributed by atoms with Gasteiger partial charge < -0.3 is 10.4 Å². The van der Waals surface area contributed by atoms with Crippen LogP contribution < -0.4 is 5.32 Å². The van der Waals surface area contributed by atoms with Gasteiger partial charge in [0.25, 0.3) is 0 Å². The summed E-state index contributed by atoms with van der Waals surface area (Å²) in [4.78, 5) is 0. The van der Waals surface area contributed by atoms with Crippen LogP contribution in [0.2, 0.25) is 0 Å². The molecule has 0 aromatic heterocycles. The summed E-state index contributed by atoms with van der Waals surface area (Å²) < 4.78 is 4.67. The number of phenolic OH excluding ortho intramolecular Hbond substituents is 1. The molecule has 0 spiro atoms. The van der Waals surface area contributed by atoms with Crippen LogP contribution in [0.1, 0.15) is 70.6 Å². The Labute approximate surface area is 163 Å². The number of hydrogen-bond acceptors (Lipinski definition) is 4. The van der Waals surface area contributed by atoms with Crippen LogP contribution in [-0.2, 0) is 10.8 Å². The molecule has 25 heavy (non-hydrogen) atoms. The van der Waals surface area contributed by atoms with Crippen LogP contribution in [-0.4, -0.2) is 30.2 Å². The Morgan fingerprint density at radius 3 is 2.08 bits per heavy atom. The van der Waals surface area contributed by atoms with Crippen molar-refractivity contribution in [2.24, 2.45) is 4.40 Å². The average Bonchev–Trinajstić information content (AvgIpc) is 2.91. The number of aromatic hydroxyl groups is 1. The van der Waals surface area contributed by atoms with Gasteiger partial charge in [-0.15, -0.1) is 12.4 Å². The summed E-state index contributed by atoms with van der Waals surface area (Å²) in [6, 6.07) is 4.41. The van der Waals surface area contributed by atoms with E-state index in [4.69, 9.17) is 0 Å². The van der Waals surface area contributed by atoms with E-state index in [1.807, 2.05) is 7.05 Å². The summed E-state index contributed by atoms with van der Waals surface area (Å²) in [5.41, 5.74) is 4.45. The van der Waals surface area contributed by atoms with E-state index in [2.05, 4.69) is 63.4 Å². The normalized spacial score (nSPS) is 18.0. The Balaban J connectivity index is 0.00000312. The van der Waals surface area contributed by atoms with E-state index in [0.29, 0.717) is 11.7 Å². The number of hydrogen-bond donors (Lipinski definition) is 2. The third-order valence-electron chi connectivity index (χ3n) is 4.61. The summed E-state index contributed by atoms with van der Waals surface area (Å²) in [7, 11) is 1.98. The number of rotatable bonds is 4. The van der Waals surface area contributed by atoms with Crippen molar-refractivity contribution in [1.29, 1.82) is 0 Å². The van der Waals surface area contributed by atoms with Gasteiger partial charge in [0.2, 0.25) is 0 Å². The Kier molecular flexibility index (Phi) is 7.43. The van der Waals surface area contributed by atoms with Gasteiger partial charge in [-0.25, -0.2) is 4.40 Å². The SMILES string of the molecule is CNCCC1=NSCC1c1cc(C(C)(C)C)c(O)c(C(C)(C)C)c1.Cl.